The average molecular weight is 339 g/mol. The maximum atomic E-state index is 5.46. The van der Waals surface area contributed by atoms with Gasteiger partial charge in [-0.05, 0) is 39.2 Å². The summed E-state index contributed by atoms with van der Waals surface area (Å²) in [5.41, 5.74) is 5.45. The van der Waals surface area contributed by atoms with Gasteiger partial charge in [-0.15, -0.1) is 0 Å². The van der Waals surface area contributed by atoms with Crippen LogP contribution in [-0.4, -0.2) is 39.0 Å². The molecule has 3 aromatic heterocycles. The smallest absolute Gasteiger partial charge is 0.139 e. The zero-order valence-electron chi connectivity index (χ0n) is 15.0. The fourth-order valence-electron chi connectivity index (χ4n) is 3.54. The summed E-state index contributed by atoms with van der Waals surface area (Å²) in [6.45, 7) is 8.06. The first-order valence-corrected chi connectivity index (χ1v) is 8.99. The summed E-state index contributed by atoms with van der Waals surface area (Å²) >= 11 is 0. The zero-order valence-corrected chi connectivity index (χ0v) is 15.0. The number of rotatable bonds is 4. The van der Waals surface area contributed by atoms with E-state index in [-0.39, 0.29) is 0 Å². The summed E-state index contributed by atoms with van der Waals surface area (Å²) in [5.74, 6) is 0. The molecule has 4 heterocycles. The lowest BCUT2D eigenvalue weighted by atomic mass is 10.0. The highest BCUT2D eigenvalue weighted by atomic mass is 16.5. The lowest BCUT2D eigenvalue weighted by Crippen LogP contribution is -2.19. The maximum Gasteiger partial charge on any atom is 0.139 e. The number of nitrogens with zero attached hydrogens (tertiary/aromatic N) is 3. The van der Waals surface area contributed by atoms with Crippen molar-refractivity contribution in [2.24, 2.45) is 0 Å². The van der Waals surface area contributed by atoms with E-state index in [4.69, 9.17) is 4.74 Å². The topological polar surface area (TPSA) is 67.8 Å². The fourth-order valence-corrected chi connectivity index (χ4v) is 3.54. The molecule has 0 radical (unpaired) electrons. The number of pyridine rings is 1. The van der Waals surface area contributed by atoms with Crippen molar-refractivity contribution < 1.29 is 4.74 Å². The average Bonchev–Trinajstić information content (AvgIpc) is 3.23. The number of H-pyrrole nitrogens is 1. The van der Waals surface area contributed by atoms with E-state index in [9.17, 15) is 0 Å². The third-order valence-corrected chi connectivity index (χ3v) is 4.81. The quantitative estimate of drug-likeness (QED) is 0.756. The van der Waals surface area contributed by atoms with E-state index >= 15 is 0 Å². The van der Waals surface area contributed by atoms with Gasteiger partial charge in [0.25, 0.3) is 0 Å². The van der Waals surface area contributed by atoms with Gasteiger partial charge in [0, 0.05) is 54.4 Å². The van der Waals surface area contributed by atoms with Crippen LogP contribution in [0, 0.1) is 6.92 Å². The second kappa shape index (κ2) is 6.52. The van der Waals surface area contributed by atoms with E-state index in [0.717, 1.165) is 53.9 Å². The highest BCUT2D eigenvalue weighted by molar-refractivity contribution is 6.00. The van der Waals surface area contributed by atoms with Crippen LogP contribution in [-0.2, 0) is 4.74 Å². The molecule has 6 heteroatoms. The van der Waals surface area contributed by atoms with Crippen LogP contribution in [0.1, 0.15) is 38.3 Å². The second-order valence-corrected chi connectivity index (χ2v) is 7.09. The SMILES string of the molecule is Cc1c[nH]c2ncc(-c3cnn(C4CCOCC4)c3)c(NC(C)C)c12. The lowest BCUT2D eigenvalue weighted by Gasteiger charge is -2.22. The first-order chi connectivity index (χ1) is 12.1. The highest BCUT2D eigenvalue weighted by Gasteiger charge is 2.19. The Kier molecular flexibility index (Phi) is 4.21. The van der Waals surface area contributed by atoms with Crippen LogP contribution in [0.15, 0.2) is 24.8 Å². The Morgan fingerprint density at radius 3 is 2.84 bits per heavy atom. The molecular formula is C19H25N5O. The standard InChI is InChI=1S/C19H25N5O/c1-12(2)23-18-16(10-21-19-17(18)13(3)8-20-19)14-9-22-24(11-14)15-4-6-25-7-5-15/h8-12,15H,4-7H2,1-3H3,(H2,20,21,23). The van der Waals surface area contributed by atoms with E-state index in [2.05, 4.69) is 52.0 Å². The minimum absolute atomic E-state index is 0.337. The van der Waals surface area contributed by atoms with Crippen LogP contribution in [0.2, 0.25) is 0 Å². The molecule has 0 unspecified atom stereocenters. The van der Waals surface area contributed by atoms with Crippen LogP contribution in [0.25, 0.3) is 22.2 Å². The van der Waals surface area contributed by atoms with Crippen LogP contribution in [0.5, 0.6) is 0 Å². The largest absolute Gasteiger partial charge is 0.382 e. The van der Waals surface area contributed by atoms with Gasteiger partial charge in [-0.3, -0.25) is 4.68 Å². The number of hydrogen-bond donors (Lipinski definition) is 2. The molecule has 6 nitrogen and oxygen atoms in total. The van der Waals surface area contributed by atoms with Crippen molar-refractivity contribution in [3.8, 4) is 11.1 Å². The summed E-state index contributed by atoms with van der Waals surface area (Å²) in [7, 11) is 0. The molecule has 0 atom stereocenters. The number of hydrogen-bond acceptors (Lipinski definition) is 4. The van der Waals surface area contributed by atoms with Crippen molar-refractivity contribution in [1.29, 1.82) is 0 Å². The van der Waals surface area contributed by atoms with Crippen molar-refractivity contribution in [3.63, 3.8) is 0 Å². The lowest BCUT2D eigenvalue weighted by molar-refractivity contribution is 0.0662. The third kappa shape index (κ3) is 3.02. The number of fused-ring (bicyclic) bond motifs is 1. The van der Waals surface area contributed by atoms with Crippen molar-refractivity contribution >= 4 is 16.7 Å². The van der Waals surface area contributed by atoms with E-state index in [1.165, 1.54) is 5.56 Å². The zero-order chi connectivity index (χ0) is 17.4. The predicted octanol–water partition coefficient (Wildman–Crippen LogP) is 3.91. The molecule has 4 rings (SSSR count). The minimum atomic E-state index is 0.337. The Bertz CT molecular complexity index is 873. The second-order valence-electron chi connectivity index (χ2n) is 7.09. The molecule has 2 N–H and O–H groups in total. The van der Waals surface area contributed by atoms with Crippen LogP contribution in [0.4, 0.5) is 5.69 Å². The number of aromatic amines is 1. The van der Waals surface area contributed by atoms with Crippen LogP contribution < -0.4 is 5.32 Å². The van der Waals surface area contributed by atoms with Gasteiger partial charge in [0.2, 0.25) is 0 Å². The molecule has 0 bridgehead atoms. The molecular weight excluding hydrogens is 314 g/mol. The molecule has 0 aliphatic carbocycles. The van der Waals surface area contributed by atoms with Gasteiger partial charge in [0.1, 0.15) is 5.65 Å². The monoisotopic (exact) mass is 339 g/mol. The Morgan fingerprint density at radius 2 is 2.08 bits per heavy atom. The summed E-state index contributed by atoms with van der Waals surface area (Å²) in [5, 5.41) is 9.40. The molecule has 132 valence electrons. The van der Waals surface area contributed by atoms with Crippen molar-refractivity contribution in [2.45, 2.75) is 45.7 Å². The first kappa shape index (κ1) is 16.1. The van der Waals surface area contributed by atoms with Crippen molar-refractivity contribution in [1.82, 2.24) is 19.7 Å². The number of ether oxygens (including phenoxy) is 1. The number of aromatic nitrogens is 4. The van der Waals surface area contributed by atoms with E-state index in [1.54, 1.807) is 0 Å². The van der Waals surface area contributed by atoms with E-state index in [0.29, 0.717) is 12.1 Å². The van der Waals surface area contributed by atoms with Gasteiger partial charge in [0.15, 0.2) is 0 Å². The van der Waals surface area contributed by atoms with Gasteiger partial charge in [-0.1, -0.05) is 0 Å². The summed E-state index contributed by atoms with van der Waals surface area (Å²) in [6, 6.07) is 0.763. The van der Waals surface area contributed by atoms with Crippen LogP contribution >= 0.6 is 0 Å². The van der Waals surface area contributed by atoms with Gasteiger partial charge < -0.3 is 15.0 Å². The molecule has 0 aromatic carbocycles. The molecule has 0 saturated carbocycles. The third-order valence-electron chi connectivity index (χ3n) is 4.81. The van der Waals surface area contributed by atoms with Crippen molar-refractivity contribution in [3.05, 3.63) is 30.4 Å². The molecule has 1 fully saturated rings. The minimum Gasteiger partial charge on any atom is -0.382 e. The van der Waals surface area contributed by atoms with Crippen molar-refractivity contribution in [2.75, 3.05) is 18.5 Å². The summed E-state index contributed by atoms with van der Waals surface area (Å²) in [6.07, 6.45) is 10.1. The van der Waals surface area contributed by atoms with Gasteiger partial charge in [-0.25, -0.2) is 4.98 Å². The fraction of sp³-hybridized carbons (Fsp3) is 0.474. The van der Waals surface area contributed by atoms with Gasteiger partial charge >= 0.3 is 0 Å². The molecule has 1 aliphatic rings. The first-order valence-electron chi connectivity index (χ1n) is 8.99. The number of anilines is 1. The highest BCUT2D eigenvalue weighted by Crippen LogP contribution is 2.36. The van der Waals surface area contributed by atoms with E-state index < -0.39 is 0 Å². The molecule has 1 aliphatic heterocycles. The molecule has 0 amide bonds. The molecule has 1 saturated heterocycles. The number of aryl methyl sites for hydroxylation is 1. The Hall–Kier alpha value is -2.34. The maximum absolute atomic E-state index is 5.46. The van der Waals surface area contributed by atoms with E-state index in [1.807, 2.05) is 18.6 Å². The Balaban J connectivity index is 1.78. The summed E-state index contributed by atoms with van der Waals surface area (Å²) in [4.78, 5) is 7.87. The summed E-state index contributed by atoms with van der Waals surface area (Å²) < 4.78 is 7.55. The molecule has 0 spiro atoms. The van der Waals surface area contributed by atoms with Gasteiger partial charge in [0.05, 0.1) is 17.9 Å². The number of nitrogens with one attached hydrogen (secondary N) is 2. The Labute approximate surface area is 147 Å². The van der Waals surface area contributed by atoms with Gasteiger partial charge in [-0.2, -0.15) is 5.10 Å². The van der Waals surface area contributed by atoms with Crippen LogP contribution in [0.3, 0.4) is 0 Å². The predicted molar refractivity (Wildman–Crippen MR) is 99.9 cm³/mol. The molecule has 3 aromatic rings. The normalized spacial score (nSPS) is 16.0. The molecule has 25 heavy (non-hydrogen) atoms. The Morgan fingerprint density at radius 1 is 1.28 bits per heavy atom.